The maximum atomic E-state index is 12.3. The molecule has 6 nitrogen and oxygen atoms in total. The monoisotopic (exact) mass is 476 g/mol. The molecule has 0 spiro atoms. The topological polar surface area (TPSA) is 86.9 Å². The van der Waals surface area contributed by atoms with E-state index in [0.717, 1.165) is 32.4 Å². The molecule has 4 rings (SSSR count). The number of H-pyrrole nitrogens is 1. The third kappa shape index (κ3) is 6.63. The van der Waals surface area contributed by atoms with Crippen molar-refractivity contribution in [2.24, 2.45) is 0 Å². The summed E-state index contributed by atoms with van der Waals surface area (Å²) < 4.78 is 0. The lowest BCUT2D eigenvalue weighted by Gasteiger charge is -2.08. The van der Waals surface area contributed by atoms with Gasteiger partial charge in [-0.15, -0.1) is 11.8 Å². The number of para-hydroxylation sites is 2. The molecule has 0 unspecified atom stereocenters. The number of aromatic nitrogens is 2. The molecule has 0 aliphatic rings. The van der Waals surface area contributed by atoms with Crippen molar-refractivity contribution in [2.45, 2.75) is 29.1 Å². The zero-order valence-electron chi connectivity index (χ0n) is 18.1. The molecular formula is C25H24N4O2S2. The van der Waals surface area contributed by atoms with Gasteiger partial charge >= 0.3 is 0 Å². The van der Waals surface area contributed by atoms with Crippen LogP contribution in [0.15, 0.2) is 82.8 Å². The van der Waals surface area contributed by atoms with Crippen LogP contribution in [-0.2, 0) is 10.5 Å². The van der Waals surface area contributed by atoms with Crippen molar-refractivity contribution in [1.29, 1.82) is 0 Å². The highest BCUT2D eigenvalue weighted by Crippen LogP contribution is 2.23. The molecular weight excluding hydrogens is 452 g/mol. The van der Waals surface area contributed by atoms with E-state index in [1.54, 1.807) is 35.7 Å². The van der Waals surface area contributed by atoms with E-state index in [2.05, 4.69) is 20.8 Å². The number of fused-ring (bicyclic) bond motifs is 1. The zero-order chi connectivity index (χ0) is 23.0. The minimum atomic E-state index is -0.342. The number of amides is 2. The normalized spacial score (nSPS) is 10.8. The Labute approximate surface area is 200 Å². The average Bonchev–Trinajstić information content (AvgIpc) is 3.26. The predicted molar refractivity (Wildman–Crippen MR) is 134 cm³/mol. The van der Waals surface area contributed by atoms with E-state index in [9.17, 15) is 9.59 Å². The summed E-state index contributed by atoms with van der Waals surface area (Å²) in [6.45, 7) is 2.04. The number of benzene rings is 3. The minimum Gasteiger partial charge on any atom is -0.333 e. The highest BCUT2D eigenvalue weighted by molar-refractivity contribution is 7.99. The molecule has 0 saturated heterocycles. The number of imidazole rings is 1. The second-order valence-electron chi connectivity index (χ2n) is 7.46. The van der Waals surface area contributed by atoms with Crippen LogP contribution in [0.3, 0.4) is 0 Å². The van der Waals surface area contributed by atoms with Crippen LogP contribution in [0, 0.1) is 6.92 Å². The van der Waals surface area contributed by atoms with Gasteiger partial charge in [0.25, 0.3) is 5.91 Å². The molecule has 0 saturated carbocycles. The summed E-state index contributed by atoms with van der Waals surface area (Å²) >= 11 is 3.22. The number of hydrazine groups is 1. The molecule has 168 valence electrons. The molecule has 1 aromatic heterocycles. The van der Waals surface area contributed by atoms with E-state index in [1.807, 2.05) is 67.6 Å². The zero-order valence-corrected chi connectivity index (χ0v) is 19.8. The fourth-order valence-corrected chi connectivity index (χ4v) is 4.75. The van der Waals surface area contributed by atoms with Gasteiger partial charge in [-0.25, -0.2) is 4.98 Å². The molecule has 8 heteroatoms. The fourth-order valence-electron chi connectivity index (χ4n) is 3.06. The van der Waals surface area contributed by atoms with Crippen molar-refractivity contribution in [3.8, 4) is 0 Å². The second kappa shape index (κ2) is 11.1. The molecule has 0 aliphatic carbocycles. The van der Waals surface area contributed by atoms with E-state index in [0.29, 0.717) is 17.7 Å². The molecule has 4 aromatic rings. The first-order valence-electron chi connectivity index (χ1n) is 10.5. The van der Waals surface area contributed by atoms with Crippen LogP contribution in [0.25, 0.3) is 11.0 Å². The fraction of sp³-hybridized carbons (Fsp3) is 0.160. The lowest BCUT2D eigenvalue weighted by molar-refractivity contribution is -0.121. The lowest BCUT2D eigenvalue weighted by atomic mass is 10.1. The van der Waals surface area contributed by atoms with Gasteiger partial charge in [-0.05, 0) is 48.9 Å². The smallest absolute Gasteiger partial charge is 0.269 e. The number of aryl methyl sites for hydroxylation is 1. The summed E-state index contributed by atoms with van der Waals surface area (Å²) in [6.07, 6.45) is 0.316. The number of hydrogen-bond acceptors (Lipinski definition) is 5. The van der Waals surface area contributed by atoms with Crippen LogP contribution < -0.4 is 10.9 Å². The van der Waals surface area contributed by atoms with Crippen LogP contribution in [-0.4, -0.2) is 27.5 Å². The molecule has 33 heavy (non-hydrogen) atoms. The second-order valence-corrected chi connectivity index (χ2v) is 9.59. The van der Waals surface area contributed by atoms with Crippen molar-refractivity contribution >= 4 is 46.4 Å². The van der Waals surface area contributed by atoms with Crippen LogP contribution in [0.4, 0.5) is 0 Å². The Balaban J connectivity index is 1.19. The molecule has 3 aromatic carbocycles. The third-order valence-electron chi connectivity index (χ3n) is 4.89. The summed E-state index contributed by atoms with van der Waals surface area (Å²) in [7, 11) is 0. The first kappa shape index (κ1) is 22.9. The summed E-state index contributed by atoms with van der Waals surface area (Å²) in [5.41, 5.74) is 9.70. The quantitative estimate of drug-likeness (QED) is 0.243. The van der Waals surface area contributed by atoms with Gasteiger partial charge in [0.2, 0.25) is 5.91 Å². The molecule has 0 bridgehead atoms. The number of carbonyl (C=O) groups excluding carboxylic acids is 2. The molecule has 3 N–H and O–H groups in total. The van der Waals surface area contributed by atoms with Crippen molar-refractivity contribution in [3.63, 3.8) is 0 Å². The Bertz CT molecular complexity index is 1200. The molecule has 2 amide bonds. The standard InChI is InChI=1S/C25H24N4O2S2/c1-17-6-12-20(13-7-17)32-15-14-23(30)28-29-24(31)19-10-8-18(9-11-19)16-33-25-26-21-4-2-3-5-22(21)27-25/h2-13H,14-16H2,1H3,(H,26,27)(H,28,30)(H,29,31). The Hall–Kier alpha value is -3.23. The van der Waals surface area contributed by atoms with Gasteiger partial charge in [0.05, 0.1) is 11.0 Å². The largest absolute Gasteiger partial charge is 0.333 e. The molecule has 0 atom stereocenters. The van der Waals surface area contributed by atoms with Gasteiger partial charge in [-0.1, -0.05) is 53.7 Å². The minimum absolute atomic E-state index is 0.221. The first-order valence-corrected chi connectivity index (χ1v) is 12.5. The SMILES string of the molecule is Cc1ccc(SCCC(=O)NNC(=O)c2ccc(CSc3nc4ccccc4[nH]3)cc2)cc1. The van der Waals surface area contributed by atoms with E-state index in [1.165, 1.54) is 5.56 Å². The summed E-state index contributed by atoms with van der Waals surface area (Å²) in [5, 5.41) is 0.862. The number of thioether (sulfide) groups is 2. The number of hydrogen-bond donors (Lipinski definition) is 3. The summed E-state index contributed by atoms with van der Waals surface area (Å²) in [4.78, 5) is 33.3. The molecule has 0 aliphatic heterocycles. The number of carbonyl (C=O) groups is 2. The van der Waals surface area contributed by atoms with Gasteiger partial charge in [0.15, 0.2) is 5.16 Å². The van der Waals surface area contributed by atoms with E-state index < -0.39 is 0 Å². The highest BCUT2D eigenvalue weighted by atomic mass is 32.2. The van der Waals surface area contributed by atoms with Crippen LogP contribution in [0.1, 0.15) is 27.9 Å². The van der Waals surface area contributed by atoms with Crippen LogP contribution in [0.2, 0.25) is 0 Å². The first-order chi connectivity index (χ1) is 16.1. The maximum absolute atomic E-state index is 12.3. The predicted octanol–water partition coefficient (Wildman–Crippen LogP) is 5.11. The number of nitrogens with zero attached hydrogens (tertiary/aromatic N) is 1. The third-order valence-corrected chi connectivity index (χ3v) is 6.85. The van der Waals surface area contributed by atoms with Gasteiger partial charge in [0, 0.05) is 28.4 Å². The number of nitrogens with one attached hydrogen (secondary N) is 3. The summed E-state index contributed by atoms with van der Waals surface area (Å²) in [6, 6.07) is 23.4. The summed E-state index contributed by atoms with van der Waals surface area (Å²) in [5.74, 6) is 0.812. The van der Waals surface area contributed by atoms with Gasteiger partial charge in [-0.2, -0.15) is 0 Å². The Morgan fingerprint density at radius 2 is 1.67 bits per heavy atom. The van der Waals surface area contributed by atoms with Gasteiger partial charge < -0.3 is 4.98 Å². The van der Waals surface area contributed by atoms with Crippen LogP contribution >= 0.6 is 23.5 Å². The Morgan fingerprint density at radius 1 is 0.909 bits per heavy atom. The Kier molecular flexibility index (Phi) is 7.70. The van der Waals surface area contributed by atoms with E-state index in [-0.39, 0.29) is 11.8 Å². The molecule has 1 heterocycles. The molecule has 0 radical (unpaired) electrons. The van der Waals surface area contributed by atoms with E-state index in [4.69, 9.17) is 0 Å². The van der Waals surface area contributed by atoms with Gasteiger partial charge in [-0.3, -0.25) is 20.4 Å². The van der Waals surface area contributed by atoms with E-state index >= 15 is 0 Å². The van der Waals surface area contributed by atoms with Crippen molar-refractivity contribution in [3.05, 3.63) is 89.5 Å². The Morgan fingerprint density at radius 3 is 2.42 bits per heavy atom. The number of rotatable bonds is 8. The van der Waals surface area contributed by atoms with Crippen molar-refractivity contribution < 1.29 is 9.59 Å². The molecule has 0 fully saturated rings. The number of aromatic amines is 1. The lowest BCUT2D eigenvalue weighted by Crippen LogP contribution is -2.41. The average molecular weight is 477 g/mol. The van der Waals surface area contributed by atoms with Crippen LogP contribution in [0.5, 0.6) is 0 Å². The maximum Gasteiger partial charge on any atom is 0.269 e. The van der Waals surface area contributed by atoms with Crippen molar-refractivity contribution in [2.75, 3.05) is 5.75 Å². The van der Waals surface area contributed by atoms with Crippen molar-refractivity contribution in [1.82, 2.24) is 20.8 Å². The highest BCUT2D eigenvalue weighted by Gasteiger charge is 2.09. The van der Waals surface area contributed by atoms with Gasteiger partial charge in [0.1, 0.15) is 0 Å².